The third kappa shape index (κ3) is 4.45. The Morgan fingerprint density at radius 3 is 2.61 bits per heavy atom. The fourth-order valence-electron chi connectivity index (χ4n) is 1.13. The van der Waals surface area contributed by atoms with Crippen LogP contribution in [0.15, 0.2) is 15.7 Å². The number of rotatable bonds is 5. The van der Waals surface area contributed by atoms with Gasteiger partial charge in [-0.2, -0.15) is 0 Å². The SMILES string of the molecule is O=C(Cc1cc(=O)[nH]c(=O)[nH]1)NCC(F)(F)CO. The largest absolute Gasteiger partial charge is 0.390 e. The van der Waals surface area contributed by atoms with Crippen molar-refractivity contribution in [3.8, 4) is 0 Å². The van der Waals surface area contributed by atoms with Crippen molar-refractivity contribution in [2.45, 2.75) is 12.3 Å². The van der Waals surface area contributed by atoms with Crippen LogP contribution in [0.2, 0.25) is 0 Å². The second-order valence-electron chi connectivity index (χ2n) is 3.58. The molecule has 1 aromatic heterocycles. The number of aliphatic hydroxyl groups is 1. The summed E-state index contributed by atoms with van der Waals surface area (Å²) in [5.41, 5.74) is -1.47. The highest BCUT2D eigenvalue weighted by atomic mass is 19.3. The molecule has 4 N–H and O–H groups in total. The zero-order chi connectivity index (χ0) is 13.8. The number of aromatic nitrogens is 2. The summed E-state index contributed by atoms with van der Waals surface area (Å²) >= 11 is 0. The molecule has 0 unspecified atom stereocenters. The fourth-order valence-corrected chi connectivity index (χ4v) is 1.13. The second kappa shape index (κ2) is 5.54. The number of carbonyl (C=O) groups excluding carboxylic acids is 1. The number of hydrogen-bond acceptors (Lipinski definition) is 4. The van der Waals surface area contributed by atoms with E-state index in [-0.39, 0.29) is 5.69 Å². The number of carbonyl (C=O) groups is 1. The molecule has 9 heteroatoms. The lowest BCUT2D eigenvalue weighted by atomic mass is 10.2. The average molecular weight is 263 g/mol. The summed E-state index contributed by atoms with van der Waals surface area (Å²) in [6.45, 7) is -2.40. The van der Waals surface area contributed by atoms with Crippen LogP contribution in [0, 0.1) is 0 Å². The molecule has 1 heterocycles. The molecule has 0 radical (unpaired) electrons. The first-order valence-corrected chi connectivity index (χ1v) is 4.90. The first-order valence-electron chi connectivity index (χ1n) is 4.90. The minimum Gasteiger partial charge on any atom is -0.390 e. The predicted octanol–water partition coefficient (Wildman–Crippen LogP) is -1.65. The third-order valence-corrected chi connectivity index (χ3v) is 1.94. The Bertz CT molecular complexity index is 509. The van der Waals surface area contributed by atoms with Crippen molar-refractivity contribution in [3.05, 3.63) is 32.6 Å². The van der Waals surface area contributed by atoms with Crippen LogP contribution < -0.4 is 16.6 Å². The molecule has 1 aromatic rings. The maximum atomic E-state index is 12.6. The van der Waals surface area contributed by atoms with E-state index in [1.165, 1.54) is 0 Å². The van der Waals surface area contributed by atoms with Gasteiger partial charge in [0.05, 0.1) is 13.0 Å². The molecule has 0 aliphatic rings. The van der Waals surface area contributed by atoms with Crippen LogP contribution in [0.25, 0.3) is 0 Å². The first-order chi connectivity index (χ1) is 8.32. The van der Waals surface area contributed by atoms with E-state index in [0.717, 1.165) is 6.07 Å². The van der Waals surface area contributed by atoms with E-state index < -0.39 is 42.7 Å². The molecule has 0 aliphatic carbocycles. The van der Waals surface area contributed by atoms with Gasteiger partial charge < -0.3 is 15.4 Å². The van der Waals surface area contributed by atoms with Gasteiger partial charge in [-0.3, -0.25) is 14.6 Å². The molecule has 1 amide bonds. The minimum absolute atomic E-state index is 0.00793. The summed E-state index contributed by atoms with van der Waals surface area (Å²) < 4.78 is 25.2. The van der Waals surface area contributed by atoms with Crippen LogP contribution in [-0.2, 0) is 11.2 Å². The number of nitrogens with one attached hydrogen (secondary N) is 3. The quantitative estimate of drug-likeness (QED) is 0.509. The van der Waals surface area contributed by atoms with E-state index >= 15 is 0 Å². The molecule has 0 aromatic carbocycles. The normalized spacial score (nSPS) is 11.3. The molecule has 7 nitrogen and oxygen atoms in total. The number of aliphatic hydroxyl groups excluding tert-OH is 1. The van der Waals surface area contributed by atoms with Crippen molar-refractivity contribution >= 4 is 5.91 Å². The van der Waals surface area contributed by atoms with Gasteiger partial charge in [0.1, 0.15) is 6.61 Å². The Balaban J connectivity index is 2.60. The molecule has 0 atom stereocenters. The molecular formula is C9H11F2N3O4. The van der Waals surface area contributed by atoms with Crippen LogP contribution in [0.1, 0.15) is 5.69 Å². The van der Waals surface area contributed by atoms with E-state index in [2.05, 4.69) is 4.98 Å². The van der Waals surface area contributed by atoms with Gasteiger partial charge in [-0.15, -0.1) is 0 Å². The van der Waals surface area contributed by atoms with Crippen LogP contribution >= 0.6 is 0 Å². The summed E-state index contributed by atoms with van der Waals surface area (Å²) in [5, 5.41) is 10.2. The molecule has 0 bridgehead atoms. The number of alkyl halides is 2. The smallest absolute Gasteiger partial charge is 0.325 e. The van der Waals surface area contributed by atoms with Crippen molar-refractivity contribution in [1.82, 2.24) is 15.3 Å². The van der Waals surface area contributed by atoms with Gasteiger partial charge in [0.25, 0.3) is 11.5 Å². The van der Waals surface area contributed by atoms with E-state index in [1.54, 1.807) is 0 Å². The summed E-state index contributed by atoms with van der Waals surface area (Å²) in [6.07, 6.45) is -0.416. The van der Waals surface area contributed by atoms with Crippen molar-refractivity contribution in [1.29, 1.82) is 0 Å². The lowest BCUT2D eigenvalue weighted by molar-refractivity contribution is -0.123. The predicted molar refractivity (Wildman–Crippen MR) is 56.4 cm³/mol. The summed E-state index contributed by atoms with van der Waals surface area (Å²) in [6, 6.07) is 0.977. The number of hydrogen-bond donors (Lipinski definition) is 4. The molecule has 0 spiro atoms. The second-order valence-corrected chi connectivity index (χ2v) is 3.58. The van der Waals surface area contributed by atoms with E-state index in [9.17, 15) is 23.2 Å². The van der Waals surface area contributed by atoms with Crippen LogP contribution in [0.3, 0.4) is 0 Å². The maximum Gasteiger partial charge on any atom is 0.325 e. The molecule has 0 aliphatic heterocycles. The molecular weight excluding hydrogens is 252 g/mol. The molecule has 0 saturated carbocycles. The van der Waals surface area contributed by atoms with Gasteiger partial charge in [0.2, 0.25) is 5.91 Å². The lowest BCUT2D eigenvalue weighted by Crippen LogP contribution is -2.40. The van der Waals surface area contributed by atoms with Gasteiger partial charge in [-0.25, -0.2) is 13.6 Å². The van der Waals surface area contributed by atoms with Crippen molar-refractivity contribution in [2.75, 3.05) is 13.2 Å². The van der Waals surface area contributed by atoms with Gasteiger partial charge in [0.15, 0.2) is 0 Å². The Morgan fingerprint density at radius 1 is 1.39 bits per heavy atom. The minimum atomic E-state index is -3.41. The Kier molecular flexibility index (Phi) is 4.32. The number of H-pyrrole nitrogens is 2. The number of amides is 1. The van der Waals surface area contributed by atoms with Gasteiger partial charge in [-0.05, 0) is 0 Å². The van der Waals surface area contributed by atoms with Gasteiger partial charge in [-0.1, -0.05) is 0 Å². The monoisotopic (exact) mass is 263 g/mol. The summed E-state index contributed by atoms with van der Waals surface area (Å²) in [7, 11) is 0. The highest BCUT2D eigenvalue weighted by Crippen LogP contribution is 2.09. The summed E-state index contributed by atoms with van der Waals surface area (Å²) in [4.78, 5) is 37.1. The highest BCUT2D eigenvalue weighted by Gasteiger charge is 2.28. The molecule has 0 saturated heterocycles. The molecule has 1 rings (SSSR count). The zero-order valence-corrected chi connectivity index (χ0v) is 9.13. The number of halogens is 2. The molecule has 100 valence electrons. The summed E-state index contributed by atoms with van der Waals surface area (Å²) in [5.74, 6) is -4.21. The average Bonchev–Trinajstić information content (AvgIpc) is 2.25. The van der Waals surface area contributed by atoms with Crippen LogP contribution in [-0.4, -0.2) is 40.1 Å². The zero-order valence-electron chi connectivity index (χ0n) is 9.13. The van der Waals surface area contributed by atoms with E-state index in [1.807, 2.05) is 10.3 Å². The lowest BCUT2D eigenvalue weighted by Gasteiger charge is -2.13. The van der Waals surface area contributed by atoms with E-state index in [0.29, 0.717) is 0 Å². The Morgan fingerprint density at radius 2 is 2.06 bits per heavy atom. The topological polar surface area (TPSA) is 115 Å². The van der Waals surface area contributed by atoms with Crippen molar-refractivity contribution in [2.24, 2.45) is 0 Å². The third-order valence-electron chi connectivity index (χ3n) is 1.94. The van der Waals surface area contributed by atoms with Gasteiger partial charge >= 0.3 is 5.69 Å². The Labute approximate surface area is 98.9 Å². The van der Waals surface area contributed by atoms with Crippen LogP contribution in [0.5, 0.6) is 0 Å². The Hall–Kier alpha value is -2.03. The molecule has 0 fully saturated rings. The van der Waals surface area contributed by atoms with Gasteiger partial charge in [0, 0.05) is 11.8 Å². The van der Waals surface area contributed by atoms with Crippen molar-refractivity contribution < 1.29 is 18.7 Å². The first kappa shape index (κ1) is 14.0. The highest BCUT2D eigenvalue weighted by molar-refractivity contribution is 5.78. The van der Waals surface area contributed by atoms with Crippen LogP contribution in [0.4, 0.5) is 8.78 Å². The fraction of sp³-hybridized carbons (Fsp3) is 0.444. The maximum absolute atomic E-state index is 12.6. The number of aromatic amines is 2. The standard InChI is InChI=1S/C9H11F2N3O4/c10-9(11,4-15)3-12-6(16)1-5-2-7(17)14-8(18)13-5/h2,15H,1,3-4H2,(H,12,16)(H2,13,14,17,18). The molecule has 18 heavy (non-hydrogen) atoms. The van der Waals surface area contributed by atoms with Crippen molar-refractivity contribution in [3.63, 3.8) is 0 Å². The van der Waals surface area contributed by atoms with E-state index in [4.69, 9.17) is 5.11 Å².